The maximum absolute atomic E-state index is 14.4. The van der Waals surface area contributed by atoms with Gasteiger partial charge >= 0.3 is 0 Å². The largest absolute Gasteiger partial charge is 0.507 e. The Labute approximate surface area is 486 Å². The monoisotopic (exact) mass is 1140 g/mol. The Morgan fingerprint density at radius 2 is 1.61 bits per heavy atom. The number of amides is 2. The molecule has 8 N–H and O–H groups in total. The van der Waals surface area contributed by atoms with Crippen LogP contribution in [0.2, 0.25) is 0 Å². The van der Waals surface area contributed by atoms with Gasteiger partial charge in [0.25, 0.3) is 0 Å². The van der Waals surface area contributed by atoms with Crippen LogP contribution < -0.4 is 36.6 Å². The fourth-order valence-corrected chi connectivity index (χ4v) is 14.5. The Morgan fingerprint density at radius 1 is 0.890 bits per heavy atom. The number of aliphatic hydroxyl groups is 1. The van der Waals surface area contributed by atoms with E-state index in [0.29, 0.717) is 40.6 Å². The molecule has 3 aromatic heterocycles. The van der Waals surface area contributed by atoms with E-state index in [1.807, 2.05) is 95.0 Å². The number of aromatic hydroxyl groups is 1. The number of para-hydroxylation sites is 1. The van der Waals surface area contributed by atoms with Crippen LogP contribution in [0, 0.1) is 24.7 Å². The Hall–Kier alpha value is -6.87. The van der Waals surface area contributed by atoms with Crippen LogP contribution in [0.15, 0.2) is 101 Å². The quantitative estimate of drug-likeness (QED) is 0.0466. The first kappa shape index (κ1) is 57.0. The average molecular weight is 1140 g/mol. The van der Waals surface area contributed by atoms with Crippen molar-refractivity contribution in [2.24, 2.45) is 29.2 Å². The summed E-state index contributed by atoms with van der Waals surface area (Å²) in [5.41, 5.74) is 20.9. The van der Waals surface area contributed by atoms with E-state index in [4.69, 9.17) is 20.7 Å². The normalized spacial score (nSPS) is 24.8. The van der Waals surface area contributed by atoms with E-state index < -0.39 is 18.1 Å². The van der Waals surface area contributed by atoms with E-state index in [1.54, 1.807) is 28.4 Å². The number of phenolic OH excluding ortho intramolecular Hbond substituents is 1. The Kier molecular flexibility index (Phi) is 17.3. The molecule has 2 amide bonds. The number of β-amino-alcohol motifs (C(OH)–C–C–N with tert-alkyl or cyclic N) is 1. The molecular weight excluding hydrogens is 1050 g/mol. The highest BCUT2D eigenvalue weighted by Crippen LogP contribution is 2.40. The summed E-state index contributed by atoms with van der Waals surface area (Å²) in [7, 11) is 1.81. The zero-order chi connectivity index (χ0) is 57.2. The van der Waals surface area contributed by atoms with Crippen molar-refractivity contribution >= 4 is 40.4 Å². The lowest BCUT2D eigenvalue weighted by molar-refractivity contribution is -0.141. The number of likely N-dealkylation sites (tertiary alicyclic amines) is 2. The molecule has 6 aliphatic rings. The van der Waals surface area contributed by atoms with Gasteiger partial charge in [-0.05, 0) is 112 Å². The first-order chi connectivity index (χ1) is 39.7. The van der Waals surface area contributed by atoms with Crippen LogP contribution in [0.4, 0.5) is 11.5 Å². The average Bonchev–Trinajstić information content (AvgIpc) is 4.45. The SMILES string of the molecule is CN/C(N)=C(\C=C(/N)c1ccccc1O)N1CC2CCC(C1)N2c1ccnc(OC2CC(CN3CCCN(CC4CCN(c5cc([C@H](C(=O)N6CC(O)C[C@H]6C(=O)N[C@@H](C)c6ccc(-c7scnc7C)cc6)C(C)C)on5)CC4)C3)C2)c1. The lowest BCUT2D eigenvalue weighted by Crippen LogP contribution is -2.54. The number of hydrogen-bond acceptors (Lipinski definition) is 18. The minimum atomic E-state index is -0.803. The number of aromatic nitrogens is 3. The second-order valence-corrected chi connectivity index (χ2v) is 25.1. The third-order valence-electron chi connectivity index (χ3n) is 18.1. The van der Waals surface area contributed by atoms with Gasteiger partial charge in [0.05, 0.1) is 40.6 Å². The molecule has 20 heteroatoms. The van der Waals surface area contributed by atoms with Gasteiger partial charge in [0.2, 0.25) is 17.7 Å². The number of thiazole rings is 1. The fraction of sp³-hybridized carbons (Fsp3) is 0.532. The van der Waals surface area contributed by atoms with Gasteiger partial charge < -0.3 is 61.2 Å². The summed E-state index contributed by atoms with van der Waals surface area (Å²) in [5, 5.41) is 32.0. The molecule has 1 aliphatic carbocycles. The molecule has 2 aromatic carbocycles. The number of piperidine rings is 1. The predicted octanol–water partition coefficient (Wildman–Crippen LogP) is 6.83. The second-order valence-electron chi connectivity index (χ2n) is 24.2. The Morgan fingerprint density at radius 3 is 2.29 bits per heavy atom. The van der Waals surface area contributed by atoms with Crippen molar-refractivity contribution in [2.75, 3.05) is 82.4 Å². The number of phenols is 1. The van der Waals surface area contributed by atoms with Gasteiger partial charge in [0, 0.05) is 120 Å². The van der Waals surface area contributed by atoms with Crippen molar-refractivity contribution in [1.29, 1.82) is 0 Å². The van der Waals surface area contributed by atoms with Crippen LogP contribution in [-0.2, 0) is 9.59 Å². The zero-order valence-electron chi connectivity index (χ0n) is 48.2. The number of carbonyl (C=O) groups excluding carboxylic acids is 2. The number of aryl methyl sites for hydroxylation is 1. The highest BCUT2D eigenvalue weighted by Gasteiger charge is 2.45. The molecule has 2 bridgehead atoms. The van der Waals surface area contributed by atoms with Crippen molar-refractivity contribution in [3.63, 3.8) is 0 Å². The third kappa shape index (κ3) is 12.5. The molecule has 0 radical (unpaired) electrons. The van der Waals surface area contributed by atoms with Crippen LogP contribution in [0.25, 0.3) is 16.1 Å². The number of nitrogens with zero attached hydrogens (tertiary/aromatic N) is 9. The highest BCUT2D eigenvalue weighted by molar-refractivity contribution is 7.13. The van der Waals surface area contributed by atoms with Gasteiger partial charge in [-0.1, -0.05) is 55.4 Å². The summed E-state index contributed by atoms with van der Waals surface area (Å²) in [6.07, 6.45) is 10.8. The van der Waals surface area contributed by atoms with Gasteiger partial charge in [-0.15, -0.1) is 11.3 Å². The number of nitrogens with two attached hydrogens (primary N) is 2. The van der Waals surface area contributed by atoms with E-state index in [2.05, 4.69) is 62.4 Å². The van der Waals surface area contributed by atoms with Crippen LogP contribution in [-0.4, -0.2) is 160 Å². The van der Waals surface area contributed by atoms with Crippen molar-refractivity contribution in [2.45, 2.75) is 121 Å². The van der Waals surface area contributed by atoms with Crippen LogP contribution >= 0.6 is 11.3 Å². The summed E-state index contributed by atoms with van der Waals surface area (Å²) < 4.78 is 12.5. The van der Waals surface area contributed by atoms with Crippen LogP contribution in [0.5, 0.6) is 11.6 Å². The minimum absolute atomic E-state index is 0.0857. The summed E-state index contributed by atoms with van der Waals surface area (Å²) in [4.78, 5) is 52.4. The number of aliphatic hydroxyl groups excluding tert-OH is 1. The first-order valence-electron chi connectivity index (χ1n) is 29.7. The maximum atomic E-state index is 14.4. The number of hydrogen-bond donors (Lipinski definition) is 6. The number of carbonyl (C=O) groups is 2. The molecule has 6 atom stereocenters. The van der Waals surface area contributed by atoms with Gasteiger partial charge in [0.15, 0.2) is 11.6 Å². The Balaban J connectivity index is 0.618. The third-order valence-corrected chi connectivity index (χ3v) is 19.1. The summed E-state index contributed by atoms with van der Waals surface area (Å²) in [5.74, 6) is 2.49. The maximum Gasteiger partial charge on any atom is 0.243 e. The molecule has 19 nitrogen and oxygen atoms in total. The second kappa shape index (κ2) is 24.9. The van der Waals surface area contributed by atoms with Crippen molar-refractivity contribution in [3.05, 3.63) is 119 Å². The molecule has 0 spiro atoms. The van der Waals surface area contributed by atoms with E-state index in [-0.39, 0.29) is 60.7 Å². The van der Waals surface area contributed by atoms with Crippen molar-refractivity contribution in [3.8, 4) is 22.1 Å². The summed E-state index contributed by atoms with van der Waals surface area (Å²) in [6, 6.07) is 20.8. The lowest BCUT2D eigenvalue weighted by atomic mass is 9.82. The van der Waals surface area contributed by atoms with Crippen molar-refractivity contribution in [1.82, 2.24) is 45.4 Å². The number of nitrogens with one attached hydrogen (secondary N) is 2. The summed E-state index contributed by atoms with van der Waals surface area (Å²) >= 11 is 1.60. The number of allylic oxidation sites excluding steroid dienone is 1. The van der Waals surface area contributed by atoms with Crippen LogP contribution in [0.1, 0.15) is 107 Å². The van der Waals surface area contributed by atoms with Gasteiger partial charge in [-0.25, -0.2) is 9.97 Å². The number of ether oxygens (including phenoxy) is 1. The molecule has 5 aromatic rings. The van der Waals surface area contributed by atoms with E-state index in [1.165, 1.54) is 6.42 Å². The van der Waals surface area contributed by atoms with Gasteiger partial charge in [-0.3, -0.25) is 19.4 Å². The zero-order valence-corrected chi connectivity index (χ0v) is 49.0. The number of rotatable bonds is 19. The molecule has 5 saturated heterocycles. The predicted molar refractivity (Wildman–Crippen MR) is 319 cm³/mol. The van der Waals surface area contributed by atoms with Crippen LogP contribution in [0.3, 0.4) is 0 Å². The smallest absolute Gasteiger partial charge is 0.243 e. The number of pyridine rings is 1. The van der Waals surface area contributed by atoms with E-state index >= 15 is 0 Å². The molecular formula is C62H83N13O6S. The molecule has 438 valence electrons. The summed E-state index contributed by atoms with van der Waals surface area (Å²) in [6.45, 7) is 16.7. The molecule has 1 saturated carbocycles. The van der Waals surface area contributed by atoms with Crippen molar-refractivity contribution < 1.29 is 29.1 Å². The first-order valence-corrected chi connectivity index (χ1v) is 30.6. The topological polar surface area (TPSA) is 231 Å². The Bertz CT molecular complexity index is 3060. The molecule has 82 heavy (non-hydrogen) atoms. The molecule has 5 aliphatic heterocycles. The fourth-order valence-electron chi connectivity index (χ4n) is 13.7. The molecule has 8 heterocycles. The van der Waals surface area contributed by atoms with Gasteiger partial charge in [0.1, 0.15) is 29.6 Å². The minimum Gasteiger partial charge on any atom is -0.507 e. The number of benzene rings is 2. The number of anilines is 2. The number of fused-ring (bicyclic) bond motifs is 2. The molecule has 6 fully saturated rings. The highest BCUT2D eigenvalue weighted by atomic mass is 32.1. The molecule has 11 rings (SSSR count). The lowest BCUT2D eigenvalue weighted by Gasteiger charge is -2.44. The standard InChI is InChI=1S/C62H83N13O6S/c1-38(2)58(62(79)74-35-48(76)28-53(74)61(78)68-39(3)43-11-13-44(14-12-43)59-40(4)67-36-82-59)55-30-56(69-81-55)72-23-18-41(19-24-72)31-70-21-8-22-71(37-70)32-42-25-49(26-42)80-57-27-45(17-20-66-57)75-46-15-16-47(75)34-73(33-46)52(60(64)65-5)29-51(63)50-9-6-7-10-54(50)77/h6-7,9-14,17,20,27,29-30,36,38-39,41-42,46-49,53,58,65,76-77H,8,15-16,18-19,21-26,28,31-35,37,63-64H2,1-5H3,(H,68,78)/b51-29-,60-52+/t39-,42?,46?,47?,48?,49?,53-,58+/m0/s1. The van der Waals surface area contributed by atoms with E-state index in [9.17, 15) is 19.8 Å². The van der Waals surface area contributed by atoms with Gasteiger partial charge in [-0.2, -0.15) is 0 Å². The van der Waals surface area contributed by atoms with E-state index in [0.717, 1.165) is 136 Å². The number of piperazine rings is 1. The molecule has 3 unspecified atom stereocenters.